The number of aromatic nitrogens is 1. The molecule has 2 N–H and O–H groups in total. The summed E-state index contributed by atoms with van der Waals surface area (Å²) in [4.78, 5) is 16.0. The number of carbonyl (C=O) groups is 1. The van der Waals surface area contributed by atoms with Crippen LogP contribution in [0.15, 0.2) is 60.8 Å². The van der Waals surface area contributed by atoms with E-state index in [2.05, 4.69) is 15.6 Å². The van der Waals surface area contributed by atoms with Crippen LogP contribution in [-0.4, -0.2) is 10.9 Å². The van der Waals surface area contributed by atoms with Gasteiger partial charge in [0.05, 0.1) is 17.6 Å². The number of nitrogens with one attached hydrogen (secondary N) is 2. The van der Waals surface area contributed by atoms with Crippen molar-refractivity contribution in [1.82, 2.24) is 4.98 Å². The van der Waals surface area contributed by atoms with Crippen molar-refractivity contribution in [1.29, 1.82) is 0 Å². The summed E-state index contributed by atoms with van der Waals surface area (Å²) in [6.45, 7) is 0. The van der Waals surface area contributed by atoms with Crippen molar-refractivity contribution in [3.63, 3.8) is 0 Å². The molecule has 4 nitrogen and oxygen atoms in total. The summed E-state index contributed by atoms with van der Waals surface area (Å²) < 4.78 is 39.7. The van der Waals surface area contributed by atoms with Gasteiger partial charge in [-0.15, -0.1) is 0 Å². The number of amides is 1. The van der Waals surface area contributed by atoms with Crippen LogP contribution >= 0.6 is 0 Å². The molecule has 2 aromatic carbocycles. The first kappa shape index (κ1) is 16.5. The third-order valence-electron chi connectivity index (χ3n) is 3.36. The molecule has 0 aliphatic carbocycles. The summed E-state index contributed by atoms with van der Waals surface area (Å²) in [5.41, 5.74) is 0.686. The molecule has 0 bridgehead atoms. The molecule has 3 rings (SSSR count). The molecule has 25 heavy (non-hydrogen) atoms. The van der Waals surface area contributed by atoms with E-state index in [4.69, 9.17) is 0 Å². The number of nitrogens with zero attached hydrogens (tertiary/aromatic N) is 1. The molecule has 0 aliphatic rings. The highest BCUT2D eigenvalue weighted by molar-refractivity contribution is 6.04. The lowest BCUT2D eigenvalue weighted by Crippen LogP contribution is -2.11. The molecule has 126 valence electrons. The number of pyridine rings is 1. The lowest BCUT2D eigenvalue weighted by atomic mass is 10.2. The Kier molecular flexibility index (Phi) is 4.65. The maximum absolute atomic E-state index is 13.6. The normalized spacial score (nSPS) is 10.4. The van der Waals surface area contributed by atoms with E-state index in [0.717, 1.165) is 12.1 Å². The minimum atomic E-state index is -1.56. The van der Waals surface area contributed by atoms with Gasteiger partial charge in [-0.1, -0.05) is 18.2 Å². The Morgan fingerprint density at radius 1 is 0.880 bits per heavy atom. The van der Waals surface area contributed by atoms with E-state index in [0.29, 0.717) is 11.3 Å². The van der Waals surface area contributed by atoms with Crippen molar-refractivity contribution in [3.8, 4) is 0 Å². The first-order valence-corrected chi connectivity index (χ1v) is 7.27. The van der Waals surface area contributed by atoms with Crippen LogP contribution in [0.25, 0.3) is 0 Å². The van der Waals surface area contributed by atoms with Gasteiger partial charge in [0.15, 0.2) is 17.5 Å². The van der Waals surface area contributed by atoms with Gasteiger partial charge < -0.3 is 10.6 Å². The Morgan fingerprint density at radius 3 is 2.32 bits per heavy atom. The second-order valence-corrected chi connectivity index (χ2v) is 5.10. The van der Waals surface area contributed by atoms with Crippen molar-refractivity contribution in [3.05, 3.63) is 83.8 Å². The molecule has 1 amide bonds. The zero-order valence-electron chi connectivity index (χ0n) is 12.8. The van der Waals surface area contributed by atoms with E-state index < -0.39 is 17.5 Å². The first-order chi connectivity index (χ1) is 12.0. The number of benzene rings is 2. The predicted molar refractivity (Wildman–Crippen MR) is 88.2 cm³/mol. The van der Waals surface area contributed by atoms with Gasteiger partial charge >= 0.3 is 0 Å². The SMILES string of the molecule is O=C(Nc1ccc(Nc2ccc(F)c(F)c2F)nc1)c1ccccc1. The summed E-state index contributed by atoms with van der Waals surface area (Å²) >= 11 is 0. The number of carbonyl (C=O) groups excluding carboxylic acids is 1. The molecule has 0 atom stereocenters. The number of rotatable bonds is 4. The smallest absolute Gasteiger partial charge is 0.255 e. The monoisotopic (exact) mass is 343 g/mol. The van der Waals surface area contributed by atoms with E-state index in [9.17, 15) is 18.0 Å². The highest BCUT2D eigenvalue weighted by Crippen LogP contribution is 2.23. The summed E-state index contributed by atoms with van der Waals surface area (Å²) in [7, 11) is 0. The molecule has 7 heteroatoms. The summed E-state index contributed by atoms with van der Waals surface area (Å²) in [5.74, 6) is -4.24. The van der Waals surface area contributed by atoms with Gasteiger partial charge in [0.25, 0.3) is 5.91 Å². The Bertz CT molecular complexity index is 899. The van der Waals surface area contributed by atoms with Gasteiger partial charge in [-0.2, -0.15) is 0 Å². The van der Waals surface area contributed by atoms with Crippen molar-refractivity contribution < 1.29 is 18.0 Å². The minimum absolute atomic E-state index is 0.211. The number of hydrogen-bond donors (Lipinski definition) is 2. The van der Waals surface area contributed by atoms with Crippen molar-refractivity contribution in [2.75, 3.05) is 10.6 Å². The van der Waals surface area contributed by atoms with E-state index >= 15 is 0 Å². The Labute approximate surface area is 141 Å². The molecule has 0 spiro atoms. The standard InChI is InChI=1S/C18H12F3N3O/c19-13-7-8-14(17(21)16(13)20)24-15-9-6-12(10-22-15)23-18(25)11-4-2-1-3-5-11/h1-10H,(H,22,24)(H,23,25). The molecule has 0 fully saturated rings. The zero-order valence-corrected chi connectivity index (χ0v) is 12.8. The number of anilines is 3. The van der Waals surface area contributed by atoms with Gasteiger partial charge in [-0.3, -0.25) is 4.79 Å². The highest BCUT2D eigenvalue weighted by atomic mass is 19.2. The quantitative estimate of drug-likeness (QED) is 0.686. The first-order valence-electron chi connectivity index (χ1n) is 7.27. The topological polar surface area (TPSA) is 54.0 Å². The lowest BCUT2D eigenvalue weighted by Gasteiger charge is -2.09. The molecule has 0 unspecified atom stereocenters. The Balaban J connectivity index is 1.71. The minimum Gasteiger partial charge on any atom is -0.338 e. The molecule has 3 aromatic rings. The van der Waals surface area contributed by atoms with E-state index in [1.165, 1.54) is 12.3 Å². The van der Waals surface area contributed by atoms with Crippen LogP contribution in [0.2, 0.25) is 0 Å². The van der Waals surface area contributed by atoms with Crippen molar-refractivity contribution in [2.24, 2.45) is 0 Å². The summed E-state index contributed by atoms with van der Waals surface area (Å²) in [6.07, 6.45) is 1.36. The number of hydrogen-bond acceptors (Lipinski definition) is 3. The van der Waals surface area contributed by atoms with Crippen LogP contribution in [0.4, 0.5) is 30.4 Å². The lowest BCUT2D eigenvalue weighted by molar-refractivity contribution is 0.102. The van der Waals surface area contributed by atoms with Gasteiger partial charge in [0.1, 0.15) is 5.82 Å². The fraction of sp³-hybridized carbons (Fsp3) is 0. The molecular weight excluding hydrogens is 331 g/mol. The van der Waals surface area contributed by atoms with Crippen molar-refractivity contribution >= 4 is 23.1 Å². The third-order valence-corrected chi connectivity index (χ3v) is 3.36. The summed E-state index contributed by atoms with van der Waals surface area (Å²) in [5, 5.41) is 5.21. The molecule has 0 aliphatic heterocycles. The third kappa shape index (κ3) is 3.77. The average Bonchev–Trinajstić information content (AvgIpc) is 2.64. The second kappa shape index (κ2) is 7.04. The average molecular weight is 343 g/mol. The predicted octanol–water partition coefficient (Wildman–Crippen LogP) is 4.49. The van der Waals surface area contributed by atoms with E-state index in [1.54, 1.807) is 36.4 Å². The summed E-state index contributed by atoms with van der Waals surface area (Å²) in [6, 6.07) is 13.5. The van der Waals surface area contributed by atoms with E-state index in [-0.39, 0.29) is 17.4 Å². The van der Waals surface area contributed by atoms with Crippen LogP contribution in [0.5, 0.6) is 0 Å². The zero-order chi connectivity index (χ0) is 17.8. The molecule has 1 aromatic heterocycles. The van der Waals surface area contributed by atoms with Crippen LogP contribution in [-0.2, 0) is 0 Å². The molecule has 1 heterocycles. The van der Waals surface area contributed by atoms with Crippen molar-refractivity contribution in [2.45, 2.75) is 0 Å². The Morgan fingerprint density at radius 2 is 1.64 bits per heavy atom. The van der Waals surface area contributed by atoms with E-state index in [1.807, 2.05) is 0 Å². The highest BCUT2D eigenvalue weighted by Gasteiger charge is 2.13. The maximum atomic E-state index is 13.6. The van der Waals surface area contributed by atoms with Crippen LogP contribution in [0, 0.1) is 17.5 Å². The fourth-order valence-electron chi connectivity index (χ4n) is 2.09. The van der Waals surface area contributed by atoms with Gasteiger partial charge in [-0.25, -0.2) is 18.2 Å². The second-order valence-electron chi connectivity index (χ2n) is 5.10. The van der Waals surface area contributed by atoms with Gasteiger partial charge in [0.2, 0.25) is 0 Å². The fourth-order valence-corrected chi connectivity index (χ4v) is 2.09. The maximum Gasteiger partial charge on any atom is 0.255 e. The van der Waals surface area contributed by atoms with Crippen LogP contribution in [0.3, 0.4) is 0 Å². The van der Waals surface area contributed by atoms with Crippen LogP contribution < -0.4 is 10.6 Å². The number of halogens is 3. The Hall–Kier alpha value is -3.35. The van der Waals surface area contributed by atoms with Gasteiger partial charge in [-0.05, 0) is 36.4 Å². The molecule has 0 radical (unpaired) electrons. The molecule has 0 saturated carbocycles. The molecular formula is C18H12F3N3O. The largest absolute Gasteiger partial charge is 0.338 e. The molecule has 0 saturated heterocycles. The van der Waals surface area contributed by atoms with Gasteiger partial charge in [0, 0.05) is 5.56 Å². The van der Waals surface area contributed by atoms with Crippen LogP contribution in [0.1, 0.15) is 10.4 Å².